The fourth-order valence-electron chi connectivity index (χ4n) is 3.00. The third-order valence-electron chi connectivity index (χ3n) is 4.51. The van der Waals surface area contributed by atoms with Crippen LogP contribution in [-0.2, 0) is 16.0 Å². The Morgan fingerprint density at radius 1 is 0.968 bits per heavy atom. The lowest BCUT2D eigenvalue weighted by atomic mass is 10.0. The van der Waals surface area contributed by atoms with E-state index in [1.807, 2.05) is 25.1 Å². The van der Waals surface area contributed by atoms with Gasteiger partial charge in [0.25, 0.3) is 0 Å². The predicted molar refractivity (Wildman–Crippen MR) is 119 cm³/mol. The zero-order chi connectivity index (χ0) is 22.2. The first kappa shape index (κ1) is 22.4. The molecule has 6 heteroatoms. The van der Waals surface area contributed by atoms with E-state index in [2.05, 4.69) is 0 Å². The summed E-state index contributed by atoms with van der Waals surface area (Å²) in [5.41, 5.74) is 1.30. The van der Waals surface area contributed by atoms with Crippen molar-refractivity contribution in [3.8, 4) is 23.0 Å². The Hall–Kier alpha value is -3.31. The Balaban J connectivity index is 1.72. The van der Waals surface area contributed by atoms with Crippen molar-refractivity contribution in [3.63, 3.8) is 0 Å². The van der Waals surface area contributed by atoms with Crippen LogP contribution in [0.5, 0.6) is 23.0 Å². The quantitative estimate of drug-likeness (QED) is 0.282. The summed E-state index contributed by atoms with van der Waals surface area (Å²) in [5, 5.41) is 0.614. The molecular formula is C25H23ClO5. The third-order valence-corrected chi connectivity index (χ3v) is 4.77. The minimum absolute atomic E-state index is 0.228. The van der Waals surface area contributed by atoms with Crippen LogP contribution in [0.3, 0.4) is 0 Å². The smallest absolute Gasteiger partial charge is 0.308 e. The Morgan fingerprint density at radius 2 is 1.68 bits per heavy atom. The molecule has 0 saturated heterocycles. The van der Waals surface area contributed by atoms with Gasteiger partial charge in [0, 0.05) is 5.02 Å². The molecule has 0 bridgehead atoms. The molecule has 0 aliphatic heterocycles. The van der Waals surface area contributed by atoms with Gasteiger partial charge in [-0.3, -0.25) is 9.59 Å². The highest BCUT2D eigenvalue weighted by Gasteiger charge is 2.15. The molecule has 0 aliphatic rings. The summed E-state index contributed by atoms with van der Waals surface area (Å²) < 4.78 is 16.8. The number of halogens is 1. The van der Waals surface area contributed by atoms with Crippen molar-refractivity contribution in [1.29, 1.82) is 0 Å². The summed E-state index contributed by atoms with van der Waals surface area (Å²) in [4.78, 5) is 23.5. The summed E-state index contributed by atoms with van der Waals surface area (Å²) in [6.45, 7) is 3.98. The maximum Gasteiger partial charge on any atom is 0.308 e. The number of hydrogen-bond donors (Lipinski definition) is 0. The van der Waals surface area contributed by atoms with Gasteiger partial charge >= 0.3 is 5.97 Å². The zero-order valence-electron chi connectivity index (χ0n) is 17.3. The van der Waals surface area contributed by atoms with Crippen LogP contribution < -0.4 is 9.47 Å². The molecule has 5 nitrogen and oxygen atoms in total. The van der Waals surface area contributed by atoms with Gasteiger partial charge in [0.1, 0.15) is 23.0 Å². The molecule has 3 aromatic rings. The number of esters is 1. The maximum atomic E-state index is 11.9. The standard InChI is InChI=1S/C25H23ClO5/c1-3-29-25(28)17(2)13-18-5-4-6-22(14-18)31-24-12-11-23(15-19(24)16-27)30-21-9-7-20(26)8-10-21/h4-12,14-17H,3,13H2,1-2H3. The van der Waals surface area contributed by atoms with Crippen molar-refractivity contribution >= 4 is 23.9 Å². The van der Waals surface area contributed by atoms with Crippen molar-refractivity contribution in [3.05, 3.63) is 82.9 Å². The van der Waals surface area contributed by atoms with E-state index in [0.717, 1.165) is 11.8 Å². The first-order chi connectivity index (χ1) is 15.0. The van der Waals surface area contributed by atoms with Crippen molar-refractivity contribution in [2.45, 2.75) is 20.3 Å². The van der Waals surface area contributed by atoms with E-state index in [1.165, 1.54) is 0 Å². The van der Waals surface area contributed by atoms with E-state index in [4.69, 9.17) is 25.8 Å². The minimum Gasteiger partial charge on any atom is -0.466 e. The van der Waals surface area contributed by atoms with E-state index in [-0.39, 0.29) is 11.9 Å². The van der Waals surface area contributed by atoms with Crippen LogP contribution in [0.4, 0.5) is 0 Å². The van der Waals surface area contributed by atoms with Gasteiger partial charge in [-0.25, -0.2) is 0 Å². The van der Waals surface area contributed by atoms with E-state index in [0.29, 0.717) is 46.6 Å². The molecule has 1 atom stereocenters. The number of ether oxygens (including phenoxy) is 3. The van der Waals surface area contributed by atoms with Crippen molar-refractivity contribution < 1.29 is 23.8 Å². The molecular weight excluding hydrogens is 416 g/mol. The van der Waals surface area contributed by atoms with Gasteiger partial charge in [-0.15, -0.1) is 0 Å². The molecule has 3 rings (SSSR count). The van der Waals surface area contributed by atoms with Crippen LogP contribution in [0.2, 0.25) is 5.02 Å². The van der Waals surface area contributed by atoms with Crippen LogP contribution in [0.25, 0.3) is 0 Å². The van der Waals surface area contributed by atoms with Crippen LogP contribution in [-0.4, -0.2) is 18.9 Å². The number of carbonyl (C=O) groups excluding carboxylic acids is 2. The predicted octanol–water partition coefficient (Wildman–Crippen LogP) is 6.48. The first-order valence-electron chi connectivity index (χ1n) is 9.94. The average molecular weight is 439 g/mol. The van der Waals surface area contributed by atoms with Crippen LogP contribution in [0.15, 0.2) is 66.7 Å². The lowest BCUT2D eigenvalue weighted by molar-refractivity contribution is -0.147. The highest BCUT2D eigenvalue weighted by Crippen LogP contribution is 2.31. The van der Waals surface area contributed by atoms with E-state index in [1.54, 1.807) is 55.5 Å². The Morgan fingerprint density at radius 3 is 2.39 bits per heavy atom. The number of hydrogen-bond acceptors (Lipinski definition) is 5. The largest absolute Gasteiger partial charge is 0.466 e. The molecule has 160 valence electrons. The molecule has 1 unspecified atom stereocenters. The maximum absolute atomic E-state index is 11.9. The zero-order valence-corrected chi connectivity index (χ0v) is 18.1. The van der Waals surface area contributed by atoms with Gasteiger partial charge in [-0.2, -0.15) is 0 Å². The summed E-state index contributed by atoms with van der Waals surface area (Å²) in [5.74, 6) is 1.61. The second-order valence-electron chi connectivity index (χ2n) is 6.98. The molecule has 0 amide bonds. The lowest BCUT2D eigenvalue weighted by Gasteiger charge is -2.13. The molecule has 0 aromatic heterocycles. The fourth-order valence-corrected chi connectivity index (χ4v) is 3.12. The van der Waals surface area contributed by atoms with E-state index >= 15 is 0 Å². The van der Waals surface area contributed by atoms with Gasteiger partial charge in [0.05, 0.1) is 18.1 Å². The van der Waals surface area contributed by atoms with Gasteiger partial charge in [0.2, 0.25) is 0 Å². The molecule has 0 fully saturated rings. The summed E-state index contributed by atoms with van der Waals surface area (Å²) in [7, 11) is 0. The summed E-state index contributed by atoms with van der Waals surface area (Å²) >= 11 is 5.89. The number of rotatable bonds is 9. The number of benzene rings is 3. The molecule has 0 N–H and O–H groups in total. The second-order valence-corrected chi connectivity index (χ2v) is 7.42. The van der Waals surface area contributed by atoms with Gasteiger partial charge in [-0.05, 0) is 73.5 Å². The fraction of sp³-hybridized carbons (Fsp3) is 0.200. The molecule has 0 radical (unpaired) electrons. The summed E-state index contributed by atoms with van der Waals surface area (Å²) in [6, 6.07) is 19.4. The van der Waals surface area contributed by atoms with Gasteiger partial charge in [0.15, 0.2) is 6.29 Å². The molecule has 31 heavy (non-hydrogen) atoms. The SMILES string of the molecule is CCOC(=O)C(C)Cc1cccc(Oc2ccc(Oc3ccc(Cl)cc3)cc2C=O)c1. The van der Waals surface area contributed by atoms with Crippen molar-refractivity contribution in [2.24, 2.45) is 5.92 Å². The Kier molecular flexibility index (Phi) is 7.68. The van der Waals surface area contributed by atoms with Crippen LogP contribution in [0.1, 0.15) is 29.8 Å². The number of aldehydes is 1. The van der Waals surface area contributed by atoms with Gasteiger partial charge in [-0.1, -0.05) is 30.7 Å². The van der Waals surface area contributed by atoms with Crippen molar-refractivity contribution in [2.75, 3.05) is 6.61 Å². The van der Waals surface area contributed by atoms with E-state index < -0.39 is 0 Å². The Bertz CT molecular complexity index is 1050. The average Bonchev–Trinajstić information content (AvgIpc) is 2.76. The summed E-state index contributed by atoms with van der Waals surface area (Å²) in [6.07, 6.45) is 1.25. The van der Waals surface area contributed by atoms with Crippen molar-refractivity contribution in [1.82, 2.24) is 0 Å². The highest BCUT2D eigenvalue weighted by molar-refractivity contribution is 6.30. The molecule has 0 aliphatic carbocycles. The topological polar surface area (TPSA) is 61.8 Å². The lowest BCUT2D eigenvalue weighted by Crippen LogP contribution is -2.16. The number of carbonyl (C=O) groups is 2. The molecule has 3 aromatic carbocycles. The molecule has 0 spiro atoms. The van der Waals surface area contributed by atoms with Gasteiger partial charge < -0.3 is 14.2 Å². The molecule has 0 saturated carbocycles. The second kappa shape index (κ2) is 10.6. The monoisotopic (exact) mass is 438 g/mol. The first-order valence-corrected chi connectivity index (χ1v) is 10.3. The van der Waals surface area contributed by atoms with E-state index in [9.17, 15) is 9.59 Å². The normalized spacial score (nSPS) is 11.5. The van der Waals surface area contributed by atoms with Crippen LogP contribution >= 0.6 is 11.6 Å². The third kappa shape index (κ3) is 6.33. The molecule has 0 heterocycles. The highest BCUT2D eigenvalue weighted by atomic mass is 35.5. The minimum atomic E-state index is -0.259. The van der Waals surface area contributed by atoms with Crippen LogP contribution in [0, 0.1) is 5.92 Å². The Labute approximate surface area is 186 Å².